The van der Waals surface area contributed by atoms with Gasteiger partial charge in [0.15, 0.2) is 5.16 Å². The van der Waals surface area contributed by atoms with Crippen LogP contribution in [-0.2, 0) is 13.0 Å². The molecule has 24 heavy (non-hydrogen) atoms. The van der Waals surface area contributed by atoms with Gasteiger partial charge in [0.1, 0.15) is 5.82 Å². The second-order valence-electron chi connectivity index (χ2n) is 5.33. The van der Waals surface area contributed by atoms with E-state index >= 15 is 0 Å². The van der Waals surface area contributed by atoms with Gasteiger partial charge in [-0.3, -0.25) is 0 Å². The average molecular weight is 337 g/mol. The summed E-state index contributed by atoms with van der Waals surface area (Å²) in [5.74, 6) is 0.650. The quantitative estimate of drug-likeness (QED) is 0.525. The number of hydrogen-bond donors (Lipinski definition) is 2. The van der Waals surface area contributed by atoms with E-state index in [1.807, 2.05) is 42.7 Å². The Labute approximate surface area is 146 Å². The lowest BCUT2D eigenvalue weighted by Crippen LogP contribution is -2.04. The molecule has 0 aliphatic heterocycles. The summed E-state index contributed by atoms with van der Waals surface area (Å²) >= 11 is 1.48. The Bertz CT molecular complexity index is 809. The zero-order valence-electron chi connectivity index (χ0n) is 13.4. The maximum Gasteiger partial charge on any atom is 0.189 e. The normalized spacial score (nSPS) is 10.6. The Morgan fingerprint density at radius 3 is 2.50 bits per heavy atom. The fourth-order valence-electron chi connectivity index (χ4n) is 2.45. The van der Waals surface area contributed by atoms with Crippen LogP contribution in [0, 0.1) is 0 Å². The summed E-state index contributed by atoms with van der Waals surface area (Å²) in [5, 5.41) is 13.6. The SMILES string of the molecule is CSc1ncc(CO)c(Nc2ccccc2Cc2ccccc2)n1. The molecule has 5 heteroatoms. The lowest BCUT2D eigenvalue weighted by Gasteiger charge is -2.14. The number of rotatable bonds is 6. The number of para-hydroxylation sites is 1. The summed E-state index contributed by atoms with van der Waals surface area (Å²) in [6.45, 7) is -0.0994. The average Bonchev–Trinajstić information content (AvgIpc) is 2.64. The third-order valence-corrected chi connectivity index (χ3v) is 4.27. The molecule has 2 N–H and O–H groups in total. The number of aliphatic hydroxyl groups excluding tert-OH is 1. The molecule has 0 radical (unpaired) electrons. The molecule has 1 aromatic heterocycles. The van der Waals surface area contributed by atoms with Crippen molar-refractivity contribution < 1.29 is 5.11 Å². The van der Waals surface area contributed by atoms with Crippen molar-refractivity contribution in [2.45, 2.75) is 18.2 Å². The topological polar surface area (TPSA) is 58.0 Å². The summed E-state index contributed by atoms with van der Waals surface area (Å²) in [4.78, 5) is 8.70. The van der Waals surface area contributed by atoms with E-state index in [0.717, 1.165) is 12.1 Å². The van der Waals surface area contributed by atoms with Gasteiger partial charge >= 0.3 is 0 Å². The molecule has 4 nitrogen and oxygen atoms in total. The second-order valence-corrected chi connectivity index (χ2v) is 6.11. The highest BCUT2D eigenvalue weighted by atomic mass is 32.2. The van der Waals surface area contributed by atoms with Crippen molar-refractivity contribution in [3.8, 4) is 0 Å². The fourth-order valence-corrected chi connectivity index (χ4v) is 2.79. The third kappa shape index (κ3) is 3.93. The van der Waals surface area contributed by atoms with Gasteiger partial charge < -0.3 is 10.4 Å². The molecular weight excluding hydrogens is 318 g/mol. The molecule has 0 fully saturated rings. The zero-order valence-corrected chi connectivity index (χ0v) is 14.3. The molecule has 2 aromatic carbocycles. The number of benzene rings is 2. The van der Waals surface area contributed by atoms with Gasteiger partial charge in [-0.2, -0.15) is 0 Å². The van der Waals surface area contributed by atoms with Crippen molar-refractivity contribution in [1.29, 1.82) is 0 Å². The van der Waals surface area contributed by atoms with Crippen LogP contribution in [0.1, 0.15) is 16.7 Å². The van der Waals surface area contributed by atoms with Gasteiger partial charge in [-0.1, -0.05) is 60.3 Å². The Hall–Kier alpha value is -2.37. The Morgan fingerprint density at radius 2 is 1.75 bits per heavy atom. The molecular formula is C19H19N3OS. The third-order valence-electron chi connectivity index (χ3n) is 3.70. The predicted octanol–water partition coefficient (Wildman–Crippen LogP) is 4.03. The first-order valence-electron chi connectivity index (χ1n) is 7.69. The molecule has 0 aliphatic rings. The van der Waals surface area contributed by atoms with E-state index in [1.54, 1.807) is 6.20 Å². The van der Waals surface area contributed by atoms with Crippen LogP contribution in [0.4, 0.5) is 11.5 Å². The molecule has 0 saturated carbocycles. The van der Waals surface area contributed by atoms with Crippen LogP contribution >= 0.6 is 11.8 Å². The molecule has 3 rings (SSSR count). The molecule has 122 valence electrons. The highest BCUT2D eigenvalue weighted by Crippen LogP contribution is 2.25. The first kappa shape index (κ1) is 16.5. The number of anilines is 2. The minimum atomic E-state index is -0.0994. The first-order chi connectivity index (χ1) is 11.8. The number of thioether (sulfide) groups is 1. The van der Waals surface area contributed by atoms with E-state index in [0.29, 0.717) is 16.5 Å². The van der Waals surface area contributed by atoms with Crippen LogP contribution < -0.4 is 5.32 Å². The maximum atomic E-state index is 9.54. The number of aliphatic hydroxyl groups is 1. The summed E-state index contributed by atoms with van der Waals surface area (Å²) in [7, 11) is 0. The van der Waals surface area contributed by atoms with E-state index in [9.17, 15) is 5.11 Å². The largest absolute Gasteiger partial charge is 0.391 e. The van der Waals surface area contributed by atoms with E-state index in [1.165, 1.54) is 22.9 Å². The molecule has 3 aromatic rings. The fraction of sp³-hybridized carbons (Fsp3) is 0.158. The van der Waals surface area contributed by atoms with Crippen LogP contribution in [0.2, 0.25) is 0 Å². The predicted molar refractivity (Wildman–Crippen MR) is 98.7 cm³/mol. The van der Waals surface area contributed by atoms with Crippen LogP contribution in [0.25, 0.3) is 0 Å². The highest BCUT2D eigenvalue weighted by Gasteiger charge is 2.09. The van der Waals surface area contributed by atoms with Crippen molar-refractivity contribution in [2.24, 2.45) is 0 Å². The lowest BCUT2D eigenvalue weighted by atomic mass is 10.0. The van der Waals surface area contributed by atoms with Crippen LogP contribution in [-0.4, -0.2) is 21.3 Å². The maximum absolute atomic E-state index is 9.54. The van der Waals surface area contributed by atoms with Gasteiger partial charge in [0.2, 0.25) is 0 Å². The standard InChI is InChI=1S/C19H19N3OS/c1-24-19-20-12-16(13-23)18(22-19)21-17-10-6-5-9-15(17)11-14-7-3-2-4-8-14/h2-10,12,23H,11,13H2,1H3,(H,20,21,22). The lowest BCUT2D eigenvalue weighted by molar-refractivity contribution is 0.281. The van der Waals surface area contributed by atoms with Crippen molar-refractivity contribution in [2.75, 3.05) is 11.6 Å². The number of hydrogen-bond acceptors (Lipinski definition) is 5. The summed E-state index contributed by atoms with van der Waals surface area (Å²) in [6.07, 6.45) is 4.43. The van der Waals surface area contributed by atoms with Crippen LogP contribution in [0.5, 0.6) is 0 Å². The monoisotopic (exact) mass is 337 g/mol. The first-order valence-corrected chi connectivity index (χ1v) is 8.92. The minimum absolute atomic E-state index is 0.0994. The van der Waals surface area contributed by atoms with Gasteiger partial charge in [-0.05, 0) is 29.9 Å². The van der Waals surface area contributed by atoms with Gasteiger partial charge in [-0.25, -0.2) is 9.97 Å². The Kier molecular flexibility index (Phi) is 5.46. The molecule has 0 atom stereocenters. The summed E-state index contributed by atoms with van der Waals surface area (Å²) < 4.78 is 0. The summed E-state index contributed by atoms with van der Waals surface area (Å²) in [6, 6.07) is 18.5. The van der Waals surface area contributed by atoms with Gasteiger partial charge in [0.25, 0.3) is 0 Å². The number of nitrogens with one attached hydrogen (secondary N) is 1. The van der Waals surface area contributed by atoms with E-state index in [4.69, 9.17) is 0 Å². The van der Waals surface area contributed by atoms with Crippen molar-refractivity contribution >= 4 is 23.3 Å². The smallest absolute Gasteiger partial charge is 0.189 e. The molecule has 0 saturated heterocycles. The molecule has 0 bridgehead atoms. The van der Waals surface area contributed by atoms with Crippen molar-refractivity contribution in [1.82, 2.24) is 9.97 Å². The highest BCUT2D eigenvalue weighted by molar-refractivity contribution is 7.98. The molecule has 0 aliphatic carbocycles. The Balaban J connectivity index is 1.91. The van der Waals surface area contributed by atoms with Gasteiger partial charge in [0.05, 0.1) is 6.61 Å². The van der Waals surface area contributed by atoms with Crippen LogP contribution in [0.3, 0.4) is 0 Å². The van der Waals surface area contributed by atoms with Crippen molar-refractivity contribution in [3.63, 3.8) is 0 Å². The molecule has 0 amide bonds. The zero-order chi connectivity index (χ0) is 16.8. The number of nitrogens with zero attached hydrogens (tertiary/aromatic N) is 2. The summed E-state index contributed by atoms with van der Waals surface area (Å²) in [5.41, 5.74) is 4.10. The van der Waals surface area contributed by atoms with E-state index < -0.39 is 0 Å². The van der Waals surface area contributed by atoms with E-state index in [-0.39, 0.29) is 6.61 Å². The molecule has 0 spiro atoms. The second kappa shape index (κ2) is 7.95. The number of aromatic nitrogens is 2. The molecule has 1 heterocycles. The van der Waals surface area contributed by atoms with Gasteiger partial charge in [-0.15, -0.1) is 0 Å². The van der Waals surface area contributed by atoms with E-state index in [2.05, 4.69) is 33.5 Å². The van der Waals surface area contributed by atoms with Crippen LogP contribution in [0.15, 0.2) is 66.0 Å². The van der Waals surface area contributed by atoms with Crippen molar-refractivity contribution in [3.05, 3.63) is 77.5 Å². The van der Waals surface area contributed by atoms with Gasteiger partial charge in [0, 0.05) is 17.4 Å². The Morgan fingerprint density at radius 1 is 1.00 bits per heavy atom. The minimum Gasteiger partial charge on any atom is -0.391 e. The molecule has 0 unspecified atom stereocenters.